The van der Waals surface area contributed by atoms with E-state index < -0.39 is 19.2 Å². The molecule has 2 saturated heterocycles. The number of carbonyl (C=O) groups excluding carboxylic acids is 2. The number of furan rings is 1. The van der Waals surface area contributed by atoms with Crippen molar-refractivity contribution >= 4 is 30.1 Å². The van der Waals surface area contributed by atoms with Gasteiger partial charge >= 0.3 is 13.2 Å². The molecule has 2 fully saturated rings. The van der Waals surface area contributed by atoms with E-state index in [2.05, 4.69) is 11.4 Å². The topological polar surface area (TPSA) is 145 Å². The Kier molecular flexibility index (Phi) is 9.10. The summed E-state index contributed by atoms with van der Waals surface area (Å²) in [5, 5.41) is 32.8. The second-order valence-corrected chi connectivity index (χ2v) is 10.3. The van der Waals surface area contributed by atoms with Gasteiger partial charge in [-0.2, -0.15) is 5.26 Å². The molecule has 2 amide bonds. The van der Waals surface area contributed by atoms with Crippen molar-refractivity contribution in [1.82, 2.24) is 10.2 Å². The second-order valence-electron chi connectivity index (χ2n) is 10.3. The van der Waals surface area contributed by atoms with Gasteiger partial charge in [-0.25, -0.2) is 4.79 Å². The first-order chi connectivity index (χ1) is 18.3. The minimum Gasteiger partial charge on any atom is -0.464 e. The molecule has 2 atom stereocenters. The Bertz CT molecular complexity index is 1200. The lowest BCUT2D eigenvalue weighted by atomic mass is 9.76. The Balaban J connectivity index is 1.37. The lowest BCUT2D eigenvalue weighted by molar-refractivity contribution is -0.131. The number of piperidine rings is 1. The number of carbonyl (C=O) groups is 2. The molecule has 2 aromatic rings. The van der Waals surface area contributed by atoms with Gasteiger partial charge in [0.05, 0.1) is 18.2 Å². The molecule has 2 aliphatic heterocycles. The van der Waals surface area contributed by atoms with Gasteiger partial charge in [0.1, 0.15) is 23.8 Å². The Hall–Kier alpha value is -3.33. The van der Waals surface area contributed by atoms with Crippen molar-refractivity contribution in [2.75, 3.05) is 26.4 Å². The number of rotatable bonds is 8. The molecule has 2 aliphatic rings. The fourth-order valence-electron chi connectivity index (χ4n) is 5.09. The molecular formula is C27H34BN3O7. The SMILES string of the molecule is CC1(C=C(C#N)C(=O)N2CCCCC2COC(=O)N[C@@H](Cc2coc3ccccc23)B(O)O)CCOCC1. The average molecular weight is 523 g/mol. The first-order valence-corrected chi connectivity index (χ1v) is 13.1. The highest BCUT2D eigenvalue weighted by atomic mass is 16.5. The van der Waals surface area contributed by atoms with E-state index in [0.29, 0.717) is 31.8 Å². The number of hydrogen-bond acceptors (Lipinski definition) is 8. The molecule has 0 spiro atoms. The van der Waals surface area contributed by atoms with Crippen LogP contribution in [0.2, 0.25) is 0 Å². The van der Waals surface area contributed by atoms with Crippen LogP contribution < -0.4 is 5.32 Å². The van der Waals surface area contributed by atoms with E-state index in [1.54, 1.807) is 17.0 Å². The van der Waals surface area contributed by atoms with E-state index >= 15 is 0 Å². The number of alkyl carbamates (subject to hydrolysis) is 1. The summed E-state index contributed by atoms with van der Waals surface area (Å²) < 4.78 is 16.3. The molecule has 0 bridgehead atoms. The summed E-state index contributed by atoms with van der Waals surface area (Å²) in [6, 6.07) is 9.04. The van der Waals surface area contributed by atoms with Crippen LogP contribution in [0.3, 0.4) is 0 Å². The molecule has 1 aromatic heterocycles. The monoisotopic (exact) mass is 523 g/mol. The molecule has 38 heavy (non-hydrogen) atoms. The lowest BCUT2D eigenvalue weighted by Crippen LogP contribution is -2.50. The van der Waals surface area contributed by atoms with E-state index in [1.807, 2.05) is 25.1 Å². The van der Waals surface area contributed by atoms with Gasteiger partial charge in [0.15, 0.2) is 0 Å². The Labute approximate surface area is 222 Å². The molecule has 202 valence electrons. The van der Waals surface area contributed by atoms with Crippen LogP contribution in [0.25, 0.3) is 11.0 Å². The van der Waals surface area contributed by atoms with Crippen LogP contribution >= 0.6 is 0 Å². The van der Waals surface area contributed by atoms with E-state index in [9.17, 15) is 24.9 Å². The summed E-state index contributed by atoms with van der Waals surface area (Å²) in [6.45, 7) is 3.62. The quantitative estimate of drug-likeness (QED) is 0.272. The molecule has 0 aliphatic carbocycles. The second kappa shape index (κ2) is 12.5. The largest absolute Gasteiger partial charge is 0.475 e. The van der Waals surface area contributed by atoms with Gasteiger partial charge in [0.25, 0.3) is 5.91 Å². The number of nitrogens with one attached hydrogen (secondary N) is 1. The van der Waals surface area contributed by atoms with Gasteiger partial charge in [-0.3, -0.25) is 4.79 Å². The zero-order chi connectivity index (χ0) is 27.1. The normalized spacial score (nSPS) is 20.4. The number of hydrogen-bond donors (Lipinski definition) is 3. The minimum absolute atomic E-state index is 0.0652. The summed E-state index contributed by atoms with van der Waals surface area (Å²) in [6.07, 6.45) is 6.38. The van der Waals surface area contributed by atoms with Crippen molar-refractivity contribution in [3.8, 4) is 6.07 Å². The Morgan fingerprint density at radius 2 is 2.08 bits per heavy atom. The van der Waals surface area contributed by atoms with Crippen molar-refractivity contribution in [3.63, 3.8) is 0 Å². The van der Waals surface area contributed by atoms with Crippen LogP contribution in [0.1, 0.15) is 44.6 Å². The maximum atomic E-state index is 13.3. The standard InChI is InChI=1S/C27H34BN3O7/c1-27(9-12-36-13-10-27)15-20(16-29)25(32)31-11-5-4-6-21(31)18-38-26(33)30-24(28(34)35)14-19-17-37-23-8-3-2-7-22(19)23/h2-3,7-8,15,17,21,24,34-35H,4-6,9-14,18H2,1H3,(H,30,33)/t21?,24-/m0/s1. The summed E-state index contributed by atoms with van der Waals surface area (Å²) in [5.74, 6) is -1.38. The third-order valence-corrected chi connectivity index (χ3v) is 7.44. The molecule has 4 rings (SSSR count). The Morgan fingerprint density at radius 3 is 2.82 bits per heavy atom. The van der Waals surface area contributed by atoms with E-state index in [-0.39, 0.29) is 36.0 Å². The maximum Gasteiger partial charge on any atom is 0.475 e. The van der Waals surface area contributed by atoms with Crippen molar-refractivity contribution in [2.45, 2.75) is 57.4 Å². The molecule has 3 heterocycles. The fraction of sp³-hybridized carbons (Fsp3) is 0.519. The van der Waals surface area contributed by atoms with Gasteiger partial charge in [0.2, 0.25) is 0 Å². The molecule has 1 aromatic carbocycles. The average Bonchev–Trinajstić information content (AvgIpc) is 3.33. The minimum atomic E-state index is -1.82. The molecular weight excluding hydrogens is 489 g/mol. The summed E-state index contributed by atoms with van der Waals surface area (Å²) in [5.41, 5.74) is 1.20. The maximum absolute atomic E-state index is 13.3. The fourth-order valence-corrected chi connectivity index (χ4v) is 5.09. The molecule has 3 N–H and O–H groups in total. The number of benzene rings is 1. The first-order valence-electron chi connectivity index (χ1n) is 13.1. The van der Waals surface area contributed by atoms with Crippen molar-refractivity contribution < 1.29 is 33.5 Å². The van der Waals surface area contributed by atoms with Crippen LogP contribution in [0.4, 0.5) is 4.79 Å². The number of allylic oxidation sites excluding steroid dienone is 1. The van der Waals surface area contributed by atoms with Crippen LogP contribution in [0, 0.1) is 16.7 Å². The van der Waals surface area contributed by atoms with Crippen molar-refractivity contribution in [1.29, 1.82) is 5.26 Å². The van der Waals surface area contributed by atoms with Gasteiger partial charge in [-0.1, -0.05) is 31.2 Å². The predicted octanol–water partition coefficient (Wildman–Crippen LogP) is 2.73. The number of nitriles is 1. The number of amides is 2. The lowest BCUT2D eigenvalue weighted by Gasteiger charge is -2.36. The smallest absolute Gasteiger partial charge is 0.464 e. The number of para-hydroxylation sites is 1. The summed E-state index contributed by atoms with van der Waals surface area (Å²) in [7, 11) is -1.82. The molecule has 11 heteroatoms. The zero-order valence-electron chi connectivity index (χ0n) is 21.6. The first kappa shape index (κ1) is 27.7. The molecule has 10 nitrogen and oxygen atoms in total. The van der Waals surface area contributed by atoms with E-state index in [1.165, 1.54) is 6.26 Å². The highest BCUT2D eigenvalue weighted by Crippen LogP contribution is 2.33. The third kappa shape index (κ3) is 6.75. The molecule has 1 unspecified atom stereocenters. The van der Waals surface area contributed by atoms with Crippen LogP contribution in [0.5, 0.6) is 0 Å². The number of likely N-dealkylation sites (tertiary alicyclic amines) is 1. The van der Waals surface area contributed by atoms with Gasteiger partial charge in [-0.05, 0) is 55.6 Å². The van der Waals surface area contributed by atoms with Gasteiger partial charge in [-0.15, -0.1) is 0 Å². The van der Waals surface area contributed by atoms with Crippen LogP contribution in [0.15, 0.2) is 46.6 Å². The van der Waals surface area contributed by atoms with Crippen molar-refractivity contribution in [3.05, 3.63) is 47.7 Å². The number of nitrogens with zero attached hydrogens (tertiary/aromatic N) is 2. The van der Waals surface area contributed by atoms with Crippen LogP contribution in [-0.2, 0) is 20.7 Å². The third-order valence-electron chi connectivity index (χ3n) is 7.44. The van der Waals surface area contributed by atoms with E-state index in [0.717, 1.165) is 36.6 Å². The van der Waals surface area contributed by atoms with Crippen LogP contribution in [-0.4, -0.2) is 72.4 Å². The number of ether oxygens (including phenoxy) is 2. The Morgan fingerprint density at radius 1 is 1.32 bits per heavy atom. The molecule has 0 radical (unpaired) electrons. The summed E-state index contributed by atoms with van der Waals surface area (Å²) in [4.78, 5) is 27.5. The predicted molar refractivity (Wildman–Crippen MR) is 140 cm³/mol. The number of fused-ring (bicyclic) bond motifs is 1. The highest BCUT2D eigenvalue weighted by Gasteiger charge is 2.33. The highest BCUT2D eigenvalue weighted by molar-refractivity contribution is 6.43. The van der Waals surface area contributed by atoms with Crippen molar-refractivity contribution in [2.24, 2.45) is 5.41 Å². The van der Waals surface area contributed by atoms with E-state index in [4.69, 9.17) is 13.9 Å². The van der Waals surface area contributed by atoms with Gasteiger partial charge < -0.3 is 34.2 Å². The zero-order valence-corrected chi connectivity index (χ0v) is 21.6. The molecule has 0 saturated carbocycles. The summed E-state index contributed by atoms with van der Waals surface area (Å²) >= 11 is 0. The van der Waals surface area contributed by atoms with Gasteiger partial charge in [0, 0.05) is 25.1 Å².